The van der Waals surface area contributed by atoms with Crippen LogP contribution < -0.4 is 4.74 Å². The van der Waals surface area contributed by atoms with Crippen LogP contribution in [-0.4, -0.2) is 38.6 Å². The standard InChI is InChI=1S/C13H19FO4/c1-10(15)12-4-3-11(9-13(12)14)18-8-7-17-6-5-16-2/h3-4,9-10,15H,5-8H2,1-2H3/t10-/m1/s1. The van der Waals surface area contributed by atoms with Crippen LogP contribution in [0.3, 0.4) is 0 Å². The van der Waals surface area contributed by atoms with Crippen molar-refractivity contribution in [2.45, 2.75) is 13.0 Å². The number of ether oxygens (including phenoxy) is 3. The first kappa shape index (κ1) is 14.9. The van der Waals surface area contributed by atoms with Crippen LogP contribution in [0.2, 0.25) is 0 Å². The van der Waals surface area contributed by atoms with Crippen LogP contribution in [0, 0.1) is 5.82 Å². The van der Waals surface area contributed by atoms with Crippen molar-refractivity contribution in [3.8, 4) is 5.75 Å². The highest BCUT2D eigenvalue weighted by Crippen LogP contribution is 2.21. The highest BCUT2D eigenvalue weighted by Gasteiger charge is 2.08. The first-order valence-electron chi connectivity index (χ1n) is 5.82. The van der Waals surface area contributed by atoms with Crippen molar-refractivity contribution in [2.24, 2.45) is 0 Å². The molecule has 102 valence electrons. The summed E-state index contributed by atoms with van der Waals surface area (Å²) >= 11 is 0. The van der Waals surface area contributed by atoms with Crippen molar-refractivity contribution in [3.63, 3.8) is 0 Å². The van der Waals surface area contributed by atoms with E-state index >= 15 is 0 Å². The molecule has 1 rings (SSSR count). The molecule has 0 aromatic heterocycles. The monoisotopic (exact) mass is 258 g/mol. The highest BCUT2D eigenvalue weighted by atomic mass is 19.1. The molecule has 1 N–H and O–H groups in total. The summed E-state index contributed by atoms with van der Waals surface area (Å²) in [6, 6.07) is 4.40. The number of hydrogen-bond donors (Lipinski definition) is 1. The number of aliphatic hydroxyl groups excluding tert-OH is 1. The Morgan fingerprint density at radius 1 is 1.22 bits per heavy atom. The maximum atomic E-state index is 13.5. The summed E-state index contributed by atoms with van der Waals surface area (Å²) in [6.07, 6.45) is -0.823. The van der Waals surface area contributed by atoms with Gasteiger partial charge in [0.05, 0.1) is 25.9 Å². The van der Waals surface area contributed by atoms with E-state index in [2.05, 4.69) is 0 Å². The number of benzene rings is 1. The number of hydrogen-bond acceptors (Lipinski definition) is 4. The quantitative estimate of drug-likeness (QED) is 0.724. The van der Waals surface area contributed by atoms with Crippen molar-refractivity contribution in [3.05, 3.63) is 29.6 Å². The maximum Gasteiger partial charge on any atom is 0.132 e. The summed E-state index contributed by atoms with van der Waals surface area (Å²) in [5.74, 6) is -0.0463. The molecule has 1 aromatic carbocycles. The van der Waals surface area contributed by atoms with Crippen LogP contribution in [0.4, 0.5) is 4.39 Å². The lowest BCUT2D eigenvalue weighted by atomic mass is 10.1. The molecule has 0 saturated heterocycles. The molecule has 0 unspecified atom stereocenters. The summed E-state index contributed by atoms with van der Waals surface area (Å²) < 4.78 is 28.8. The molecule has 0 fully saturated rings. The van der Waals surface area contributed by atoms with Crippen LogP contribution in [0.1, 0.15) is 18.6 Å². The van der Waals surface area contributed by atoms with Crippen molar-refractivity contribution < 1.29 is 23.7 Å². The predicted molar refractivity (Wildman–Crippen MR) is 65.2 cm³/mol. The smallest absolute Gasteiger partial charge is 0.132 e. The van der Waals surface area contributed by atoms with Gasteiger partial charge in [-0.3, -0.25) is 0 Å². The Balaban J connectivity index is 2.33. The third-order valence-electron chi connectivity index (χ3n) is 2.35. The molecule has 0 radical (unpaired) electrons. The van der Waals surface area contributed by atoms with Crippen molar-refractivity contribution >= 4 is 0 Å². The summed E-state index contributed by atoms with van der Waals surface area (Å²) in [6.45, 7) is 3.33. The normalized spacial score (nSPS) is 12.4. The number of aliphatic hydroxyl groups is 1. The highest BCUT2D eigenvalue weighted by molar-refractivity contribution is 5.29. The van der Waals surface area contributed by atoms with E-state index < -0.39 is 11.9 Å². The fourth-order valence-corrected chi connectivity index (χ4v) is 1.40. The lowest BCUT2D eigenvalue weighted by Gasteiger charge is -2.10. The van der Waals surface area contributed by atoms with E-state index in [0.29, 0.717) is 32.2 Å². The van der Waals surface area contributed by atoms with Gasteiger partial charge in [0.1, 0.15) is 18.2 Å². The molecular formula is C13H19FO4. The Labute approximate surface area is 106 Å². The zero-order valence-corrected chi connectivity index (χ0v) is 10.7. The largest absolute Gasteiger partial charge is 0.491 e. The maximum absolute atomic E-state index is 13.5. The molecule has 0 bridgehead atoms. The zero-order valence-electron chi connectivity index (χ0n) is 10.7. The van der Waals surface area contributed by atoms with E-state index in [1.54, 1.807) is 13.2 Å². The van der Waals surface area contributed by atoms with Gasteiger partial charge in [0.2, 0.25) is 0 Å². The van der Waals surface area contributed by atoms with Crippen LogP contribution in [0.25, 0.3) is 0 Å². The minimum Gasteiger partial charge on any atom is -0.491 e. The Bertz CT molecular complexity index is 355. The van der Waals surface area contributed by atoms with Gasteiger partial charge in [0.25, 0.3) is 0 Å². The molecular weight excluding hydrogens is 239 g/mol. The second kappa shape index (κ2) is 8.02. The summed E-state index contributed by atoms with van der Waals surface area (Å²) in [4.78, 5) is 0. The summed E-state index contributed by atoms with van der Waals surface area (Å²) in [7, 11) is 1.60. The fourth-order valence-electron chi connectivity index (χ4n) is 1.40. The van der Waals surface area contributed by atoms with Gasteiger partial charge in [0, 0.05) is 18.7 Å². The molecule has 1 atom stereocenters. The van der Waals surface area contributed by atoms with Gasteiger partial charge in [-0.05, 0) is 19.1 Å². The van der Waals surface area contributed by atoms with Gasteiger partial charge in [-0.25, -0.2) is 4.39 Å². The Morgan fingerprint density at radius 2 is 1.94 bits per heavy atom. The average molecular weight is 258 g/mol. The molecule has 0 amide bonds. The van der Waals surface area contributed by atoms with E-state index in [1.165, 1.54) is 19.1 Å². The van der Waals surface area contributed by atoms with Gasteiger partial charge in [-0.15, -0.1) is 0 Å². The second-order valence-electron chi connectivity index (χ2n) is 3.81. The lowest BCUT2D eigenvalue weighted by Crippen LogP contribution is -2.10. The Morgan fingerprint density at radius 3 is 2.56 bits per heavy atom. The number of methoxy groups -OCH3 is 1. The summed E-state index contributed by atoms with van der Waals surface area (Å²) in [5.41, 5.74) is 0.263. The predicted octanol–water partition coefficient (Wildman–Crippen LogP) is 1.92. The van der Waals surface area contributed by atoms with Gasteiger partial charge < -0.3 is 19.3 Å². The Hall–Kier alpha value is -1.17. The average Bonchev–Trinajstić information content (AvgIpc) is 2.33. The van der Waals surface area contributed by atoms with E-state index in [-0.39, 0.29) is 5.56 Å². The first-order valence-corrected chi connectivity index (χ1v) is 5.82. The minimum atomic E-state index is -0.823. The van der Waals surface area contributed by atoms with Gasteiger partial charge >= 0.3 is 0 Å². The fraction of sp³-hybridized carbons (Fsp3) is 0.538. The third kappa shape index (κ3) is 5.00. The SMILES string of the molecule is COCCOCCOc1ccc([C@@H](C)O)c(F)c1. The molecule has 18 heavy (non-hydrogen) atoms. The molecule has 4 nitrogen and oxygen atoms in total. The van der Waals surface area contributed by atoms with E-state index in [1.807, 2.05) is 0 Å². The van der Waals surface area contributed by atoms with Gasteiger partial charge in [0.15, 0.2) is 0 Å². The Kier molecular flexibility index (Phi) is 6.64. The molecule has 0 saturated carbocycles. The zero-order chi connectivity index (χ0) is 13.4. The number of rotatable bonds is 8. The molecule has 0 aliphatic rings. The van der Waals surface area contributed by atoms with E-state index in [0.717, 1.165) is 0 Å². The molecule has 5 heteroatoms. The van der Waals surface area contributed by atoms with Gasteiger partial charge in [-0.1, -0.05) is 0 Å². The molecule has 1 aromatic rings. The van der Waals surface area contributed by atoms with Crippen LogP contribution in [0.5, 0.6) is 5.75 Å². The molecule has 0 aliphatic heterocycles. The van der Waals surface area contributed by atoms with Crippen molar-refractivity contribution in [1.82, 2.24) is 0 Å². The number of halogens is 1. The second-order valence-corrected chi connectivity index (χ2v) is 3.81. The first-order chi connectivity index (χ1) is 8.65. The van der Waals surface area contributed by atoms with E-state index in [4.69, 9.17) is 14.2 Å². The molecule has 0 aliphatic carbocycles. The van der Waals surface area contributed by atoms with Crippen LogP contribution >= 0.6 is 0 Å². The summed E-state index contributed by atoms with van der Waals surface area (Å²) in [5, 5.41) is 9.28. The molecule has 0 heterocycles. The van der Waals surface area contributed by atoms with Crippen LogP contribution in [0.15, 0.2) is 18.2 Å². The lowest BCUT2D eigenvalue weighted by molar-refractivity contribution is 0.0543. The van der Waals surface area contributed by atoms with Crippen molar-refractivity contribution in [2.75, 3.05) is 33.5 Å². The van der Waals surface area contributed by atoms with Crippen LogP contribution in [-0.2, 0) is 9.47 Å². The molecule has 0 spiro atoms. The van der Waals surface area contributed by atoms with E-state index in [9.17, 15) is 9.50 Å². The minimum absolute atomic E-state index is 0.263. The van der Waals surface area contributed by atoms with Crippen molar-refractivity contribution in [1.29, 1.82) is 0 Å². The third-order valence-corrected chi connectivity index (χ3v) is 2.35. The van der Waals surface area contributed by atoms with Gasteiger partial charge in [-0.2, -0.15) is 0 Å². The topological polar surface area (TPSA) is 47.9 Å².